The molecule has 0 unspecified atom stereocenters. The zero-order valence-corrected chi connectivity index (χ0v) is 16.2. The molecule has 2 aromatic carbocycles. The number of hydrogen-bond donors (Lipinski definition) is 1. The number of amides is 1. The van der Waals surface area contributed by atoms with Crippen molar-refractivity contribution in [1.29, 1.82) is 0 Å². The molecule has 1 fully saturated rings. The van der Waals surface area contributed by atoms with Crippen LogP contribution in [0.5, 0.6) is 11.5 Å². The Morgan fingerprint density at radius 3 is 2.96 bits per heavy atom. The number of nitrogens with one attached hydrogen (secondary N) is 1. The van der Waals surface area contributed by atoms with Gasteiger partial charge in [-0.25, -0.2) is 0 Å². The lowest BCUT2D eigenvalue weighted by atomic mass is 10.0. The van der Waals surface area contributed by atoms with E-state index in [0.29, 0.717) is 23.6 Å². The van der Waals surface area contributed by atoms with Gasteiger partial charge in [-0.1, -0.05) is 12.1 Å². The fraction of sp³-hybridized carbons (Fsp3) is 0.350. The molecule has 27 heavy (non-hydrogen) atoms. The zero-order chi connectivity index (χ0) is 18.4. The molecular weight excluding hydrogens is 412 g/mol. The number of anilines is 1. The Morgan fingerprint density at radius 2 is 2.11 bits per heavy atom. The van der Waals surface area contributed by atoms with Crippen molar-refractivity contribution < 1.29 is 19.0 Å². The topological polar surface area (TPSA) is 60.0 Å². The van der Waals surface area contributed by atoms with Crippen LogP contribution in [0.4, 0.5) is 5.69 Å². The molecule has 0 radical (unpaired) electrons. The fourth-order valence-corrected chi connectivity index (χ4v) is 4.47. The van der Waals surface area contributed by atoms with Crippen molar-refractivity contribution in [3.05, 3.63) is 52.0 Å². The Labute approximate surface area is 165 Å². The highest BCUT2D eigenvalue weighted by atomic mass is 79.9. The third-order valence-corrected chi connectivity index (χ3v) is 5.80. The summed E-state index contributed by atoms with van der Waals surface area (Å²) in [5.41, 5.74) is 2.46. The number of ether oxygens (including phenoxy) is 3. The maximum absolute atomic E-state index is 13.3. The van der Waals surface area contributed by atoms with Gasteiger partial charge >= 0.3 is 0 Å². The SMILES string of the molecule is O=C1c2ccccc2N[C@@H](c2cc(Br)c3c(c2)OCO3)N1C[C@H]1CCCO1. The summed E-state index contributed by atoms with van der Waals surface area (Å²) in [5, 5.41) is 3.52. The molecule has 1 saturated heterocycles. The number of halogens is 1. The second-order valence-corrected chi connectivity index (χ2v) is 7.78. The van der Waals surface area contributed by atoms with Crippen LogP contribution in [0.2, 0.25) is 0 Å². The minimum atomic E-state index is -0.303. The largest absolute Gasteiger partial charge is 0.454 e. The van der Waals surface area contributed by atoms with Gasteiger partial charge in [0.2, 0.25) is 6.79 Å². The Balaban J connectivity index is 1.55. The molecule has 7 heteroatoms. The van der Waals surface area contributed by atoms with Crippen LogP contribution < -0.4 is 14.8 Å². The summed E-state index contributed by atoms with van der Waals surface area (Å²) in [6.07, 6.45) is 1.78. The zero-order valence-electron chi connectivity index (χ0n) is 14.6. The van der Waals surface area contributed by atoms with Gasteiger partial charge in [0.05, 0.1) is 16.1 Å². The minimum absolute atomic E-state index is 0.0126. The Bertz CT molecular complexity index is 898. The Kier molecular flexibility index (Phi) is 4.21. The molecule has 3 aliphatic rings. The molecule has 1 amide bonds. The molecule has 0 bridgehead atoms. The quantitative estimate of drug-likeness (QED) is 0.799. The summed E-state index contributed by atoms with van der Waals surface area (Å²) >= 11 is 3.56. The van der Waals surface area contributed by atoms with Crippen molar-refractivity contribution in [1.82, 2.24) is 4.90 Å². The minimum Gasteiger partial charge on any atom is -0.454 e. The van der Waals surface area contributed by atoms with Crippen LogP contribution in [-0.2, 0) is 4.74 Å². The molecule has 0 aliphatic carbocycles. The van der Waals surface area contributed by atoms with E-state index >= 15 is 0 Å². The number of para-hydroxylation sites is 1. The molecule has 6 nitrogen and oxygen atoms in total. The predicted molar refractivity (Wildman–Crippen MR) is 103 cm³/mol. The van der Waals surface area contributed by atoms with Crippen molar-refractivity contribution in [2.75, 3.05) is 25.3 Å². The van der Waals surface area contributed by atoms with Crippen LogP contribution >= 0.6 is 15.9 Å². The first-order valence-electron chi connectivity index (χ1n) is 9.08. The summed E-state index contributed by atoms with van der Waals surface area (Å²) in [4.78, 5) is 15.1. The van der Waals surface area contributed by atoms with Crippen LogP contribution in [0.15, 0.2) is 40.9 Å². The third-order valence-electron chi connectivity index (χ3n) is 5.21. The first-order chi connectivity index (χ1) is 13.2. The first kappa shape index (κ1) is 16.9. The maximum atomic E-state index is 13.3. The Morgan fingerprint density at radius 1 is 1.22 bits per heavy atom. The molecule has 3 heterocycles. The second kappa shape index (κ2) is 6.73. The van der Waals surface area contributed by atoms with Gasteiger partial charge in [-0.15, -0.1) is 0 Å². The first-order valence-corrected chi connectivity index (χ1v) is 9.87. The normalized spacial score (nSPS) is 23.3. The third kappa shape index (κ3) is 2.95. The molecule has 0 aromatic heterocycles. The Hall–Kier alpha value is -2.25. The lowest BCUT2D eigenvalue weighted by Crippen LogP contribution is -2.46. The summed E-state index contributed by atoms with van der Waals surface area (Å²) in [7, 11) is 0. The van der Waals surface area contributed by atoms with E-state index in [1.54, 1.807) is 0 Å². The van der Waals surface area contributed by atoms with Gasteiger partial charge in [0.25, 0.3) is 5.91 Å². The number of rotatable bonds is 3. The monoisotopic (exact) mass is 430 g/mol. The van der Waals surface area contributed by atoms with Crippen LogP contribution in [-0.4, -0.2) is 36.9 Å². The molecule has 3 aliphatic heterocycles. The average Bonchev–Trinajstić information content (AvgIpc) is 3.35. The highest BCUT2D eigenvalue weighted by Gasteiger charge is 2.36. The number of carbonyl (C=O) groups is 1. The maximum Gasteiger partial charge on any atom is 0.257 e. The molecule has 2 aromatic rings. The average molecular weight is 431 g/mol. The highest BCUT2D eigenvalue weighted by molar-refractivity contribution is 9.10. The molecule has 140 valence electrons. The summed E-state index contributed by atoms with van der Waals surface area (Å²) in [5.74, 6) is 1.40. The van der Waals surface area contributed by atoms with E-state index in [-0.39, 0.29) is 25.0 Å². The van der Waals surface area contributed by atoms with Gasteiger partial charge in [0, 0.05) is 18.8 Å². The van der Waals surface area contributed by atoms with Crippen molar-refractivity contribution in [3.8, 4) is 11.5 Å². The van der Waals surface area contributed by atoms with Gasteiger partial charge in [0.15, 0.2) is 11.5 Å². The molecule has 1 N–H and O–H groups in total. The van der Waals surface area contributed by atoms with E-state index < -0.39 is 0 Å². The molecular formula is C20H19BrN2O4. The van der Waals surface area contributed by atoms with Crippen molar-refractivity contribution in [3.63, 3.8) is 0 Å². The van der Waals surface area contributed by atoms with Crippen LogP contribution in [0, 0.1) is 0 Å². The fourth-order valence-electron chi connectivity index (χ4n) is 3.90. The molecule has 0 spiro atoms. The number of fused-ring (bicyclic) bond motifs is 2. The van der Waals surface area contributed by atoms with Crippen LogP contribution in [0.3, 0.4) is 0 Å². The predicted octanol–water partition coefficient (Wildman–Crippen LogP) is 3.92. The van der Waals surface area contributed by atoms with Gasteiger partial charge in [-0.2, -0.15) is 0 Å². The second-order valence-electron chi connectivity index (χ2n) is 6.92. The number of nitrogens with zero attached hydrogens (tertiary/aromatic N) is 1. The van der Waals surface area contributed by atoms with Crippen molar-refractivity contribution in [2.24, 2.45) is 0 Å². The number of hydrogen-bond acceptors (Lipinski definition) is 5. The van der Waals surface area contributed by atoms with E-state index in [2.05, 4.69) is 21.2 Å². The van der Waals surface area contributed by atoms with E-state index in [0.717, 1.165) is 35.2 Å². The van der Waals surface area contributed by atoms with E-state index in [9.17, 15) is 4.79 Å². The highest BCUT2D eigenvalue weighted by Crippen LogP contribution is 2.43. The molecule has 0 saturated carbocycles. The van der Waals surface area contributed by atoms with Gasteiger partial charge < -0.3 is 24.4 Å². The van der Waals surface area contributed by atoms with Gasteiger partial charge in [-0.05, 0) is 58.6 Å². The lowest BCUT2D eigenvalue weighted by Gasteiger charge is -2.39. The van der Waals surface area contributed by atoms with Gasteiger partial charge in [-0.3, -0.25) is 4.79 Å². The van der Waals surface area contributed by atoms with Crippen molar-refractivity contribution >= 4 is 27.5 Å². The summed E-state index contributed by atoms with van der Waals surface area (Å²) in [6, 6.07) is 11.5. The van der Waals surface area contributed by atoms with E-state index in [1.807, 2.05) is 41.3 Å². The van der Waals surface area contributed by atoms with Crippen LogP contribution in [0.25, 0.3) is 0 Å². The van der Waals surface area contributed by atoms with E-state index in [1.165, 1.54) is 0 Å². The standard InChI is InChI=1S/C20H19BrN2O4/c21-15-8-12(9-17-18(15)27-11-26-17)19-22-16-6-2-1-5-14(16)20(24)23(19)10-13-4-3-7-25-13/h1-2,5-6,8-9,13,19,22H,3-4,7,10-11H2/t13-,19-/m1/s1. The number of benzene rings is 2. The summed E-state index contributed by atoms with van der Waals surface area (Å²) < 4.78 is 17.7. The van der Waals surface area contributed by atoms with Crippen molar-refractivity contribution in [2.45, 2.75) is 25.1 Å². The van der Waals surface area contributed by atoms with Gasteiger partial charge in [0.1, 0.15) is 6.17 Å². The van der Waals surface area contributed by atoms with E-state index in [4.69, 9.17) is 14.2 Å². The smallest absolute Gasteiger partial charge is 0.257 e. The molecule has 5 rings (SSSR count). The summed E-state index contributed by atoms with van der Waals surface area (Å²) in [6.45, 7) is 1.52. The molecule has 2 atom stereocenters. The van der Waals surface area contributed by atoms with Crippen LogP contribution in [0.1, 0.15) is 34.9 Å². The lowest BCUT2D eigenvalue weighted by molar-refractivity contribution is 0.0426. The number of carbonyl (C=O) groups excluding carboxylic acids is 1.